The van der Waals surface area contributed by atoms with E-state index >= 15 is 0 Å². The van der Waals surface area contributed by atoms with Gasteiger partial charge in [-0.3, -0.25) is 4.79 Å². The fraction of sp³-hybridized carbons (Fsp3) is 0.615. The van der Waals surface area contributed by atoms with Gasteiger partial charge >= 0.3 is 0 Å². The molecule has 2 atom stereocenters. The zero-order chi connectivity index (χ0) is 13.6. The number of hydrogen-bond donors (Lipinski definition) is 0. The molecule has 1 saturated carbocycles. The summed E-state index contributed by atoms with van der Waals surface area (Å²) in [4.78, 5) is 14.6. The number of nitrogens with zero attached hydrogens (tertiary/aromatic N) is 2. The van der Waals surface area contributed by atoms with Gasteiger partial charge in [-0.1, -0.05) is 23.2 Å². The summed E-state index contributed by atoms with van der Waals surface area (Å²) in [5.41, 5.74) is 0.544. The highest BCUT2D eigenvalue weighted by Gasteiger charge is 2.39. The second kappa shape index (κ2) is 5.00. The third-order valence-electron chi connectivity index (χ3n) is 4.08. The summed E-state index contributed by atoms with van der Waals surface area (Å²) < 4.78 is 7.37. The minimum absolute atomic E-state index is 0.00324. The normalized spacial score (nSPS) is 26.6. The molecule has 1 amide bonds. The number of carbonyl (C=O) groups is 1. The maximum absolute atomic E-state index is 12.7. The molecule has 104 valence electrons. The monoisotopic (exact) mass is 302 g/mol. The highest BCUT2D eigenvalue weighted by molar-refractivity contribution is 6.41. The molecule has 0 N–H and O–H groups in total. The fourth-order valence-electron chi connectivity index (χ4n) is 3.07. The van der Waals surface area contributed by atoms with Crippen molar-refractivity contribution in [3.05, 3.63) is 21.9 Å². The van der Waals surface area contributed by atoms with Gasteiger partial charge in [-0.15, -0.1) is 0 Å². The lowest BCUT2D eigenvalue weighted by Crippen LogP contribution is -2.51. The van der Waals surface area contributed by atoms with Crippen molar-refractivity contribution in [1.29, 1.82) is 0 Å². The first-order valence-electron chi connectivity index (χ1n) is 6.53. The van der Waals surface area contributed by atoms with Crippen molar-refractivity contribution in [2.45, 2.75) is 31.4 Å². The number of halogens is 2. The summed E-state index contributed by atoms with van der Waals surface area (Å²) in [6.07, 6.45) is 3.38. The number of ether oxygens (including phenoxy) is 1. The molecule has 1 aromatic heterocycles. The minimum atomic E-state index is -0.00324. The molecular weight excluding hydrogens is 287 g/mol. The lowest BCUT2D eigenvalue weighted by molar-refractivity contribution is -0.0448. The Morgan fingerprint density at radius 3 is 2.89 bits per heavy atom. The Bertz CT molecular complexity index is 515. The second-order valence-corrected chi connectivity index (χ2v) is 5.90. The summed E-state index contributed by atoms with van der Waals surface area (Å²) in [7, 11) is 1.76. The molecule has 1 saturated heterocycles. The van der Waals surface area contributed by atoms with Crippen molar-refractivity contribution >= 4 is 29.1 Å². The largest absolute Gasteiger partial charge is 0.374 e. The maximum Gasteiger partial charge on any atom is 0.270 e. The molecule has 6 heteroatoms. The van der Waals surface area contributed by atoms with Gasteiger partial charge in [0.1, 0.15) is 10.8 Å². The predicted octanol–water partition coefficient (Wildman–Crippen LogP) is 2.73. The third kappa shape index (κ3) is 2.16. The number of rotatable bonds is 1. The number of morpholine rings is 1. The Kier molecular flexibility index (Phi) is 3.50. The van der Waals surface area contributed by atoms with Crippen molar-refractivity contribution in [2.24, 2.45) is 7.05 Å². The smallest absolute Gasteiger partial charge is 0.270 e. The topological polar surface area (TPSA) is 34.5 Å². The number of hydrogen-bond acceptors (Lipinski definition) is 2. The average molecular weight is 303 g/mol. The van der Waals surface area contributed by atoms with E-state index in [1.807, 2.05) is 4.90 Å². The van der Waals surface area contributed by atoms with Gasteiger partial charge in [-0.2, -0.15) is 0 Å². The van der Waals surface area contributed by atoms with E-state index < -0.39 is 0 Å². The lowest BCUT2D eigenvalue weighted by atomic mass is 10.1. The van der Waals surface area contributed by atoms with Crippen LogP contribution in [0.2, 0.25) is 10.2 Å². The summed E-state index contributed by atoms with van der Waals surface area (Å²) in [5, 5.41) is 0.824. The van der Waals surface area contributed by atoms with Crippen LogP contribution in [0.1, 0.15) is 29.8 Å². The summed E-state index contributed by atoms with van der Waals surface area (Å²) >= 11 is 12.0. The highest BCUT2D eigenvalue weighted by atomic mass is 35.5. The van der Waals surface area contributed by atoms with E-state index in [9.17, 15) is 4.79 Å². The first kappa shape index (κ1) is 13.3. The van der Waals surface area contributed by atoms with Crippen LogP contribution in [0.3, 0.4) is 0 Å². The molecule has 19 heavy (non-hydrogen) atoms. The van der Waals surface area contributed by atoms with Crippen LogP contribution in [0.5, 0.6) is 0 Å². The van der Waals surface area contributed by atoms with Gasteiger partial charge in [0, 0.05) is 13.6 Å². The molecular formula is C13H16Cl2N2O2. The minimum Gasteiger partial charge on any atom is -0.374 e. The van der Waals surface area contributed by atoms with Crippen molar-refractivity contribution in [3.8, 4) is 0 Å². The number of amides is 1. The molecule has 0 spiro atoms. The summed E-state index contributed by atoms with van der Waals surface area (Å²) in [6.45, 7) is 1.25. The maximum atomic E-state index is 12.7. The van der Waals surface area contributed by atoms with Gasteiger partial charge in [0.25, 0.3) is 5.91 Å². The first-order valence-corrected chi connectivity index (χ1v) is 7.28. The van der Waals surface area contributed by atoms with Gasteiger partial charge in [-0.25, -0.2) is 0 Å². The second-order valence-electron chi connectivity index (χ2n) is 5.13. The van der Waals surface area contributed by atoms with Gasteiger partial charge in [0.2, 0.25) is 0 Å². The molecule has 2 fully saturated rings. The van der Waals surface area contributed by atoms with Gasteiger partial charge in [0.15, 0.2) is 0 Å². The third-order valence-corrected chi connectivity index (χ3v) is 4.92. The Morgan fingerprint density at radius 2 is 2.21 bits per heavy atom. The fourth-order valence-corrected chi connectivity index (χ4v) is 3.45. The molecule has 1 aliphatic heterocycles. The van der Waals surface area contributed by atoms with E-state index in [0.717, 1.165) is 19.3 Å². The van der Waals surface area contributed by atoms with Crippen LogP contribution >= 0.6 is 23.2 Å². The Morgan fingerprint density at radius 1 is 1.42 bits per heavy atom. The Balaban J connectivity index is 1.88. The molecule has 0 bridgehead atoms. The Labute approximate surface area is 122 Å². The van der Waals surface area contributed by atoms with E-state index in [1.54, 1.807) is 17.7 Å². The zero-order valence-corrected chi connectivity index (χ0v) is 12.2. The lowest BCUT2D eigenvalue weighted by Gasteiger charge is -2.37. The van der Waals surface area contributed by atoms with E-state index in [-0.39, 0.29) is 18.1 Å². The summed E-state index contributed by atoms with van der Waals surface area (Å²) in [6, 6.07) is 1.85. The van der Waals surface area contributed by atoms with Crippen LogP contribution in [0.25, 0.3) is 0 Å². The molecule has 3 rings (SSSR count). The first-order chi connectivity index (χ1) is 9.09. The molecule has 4 nitrogen and oxygen atoms in total. The van der Waals surface area contributed by atoms with Crippen LogP contribution < -0.4 is 0 Å². The van der Waals surface area contributed by atoms with Gasteiger partial charge in [0.05, 0.1) is 23.8 Å². The number of carbonyl (C=O) groups excluding carboxylic acids is 1. The molecule has 2 unspecified atom stereocenters. The quantitative estimate of drug-likeness (QED) is 0.799. The molecule has 1 aromatic rings. The average Bonchev–Trinajstić information content (AvgIpc) is 2.98. The van der Waals surface area contributed by atoms with Crippen molar-refractivity contribution in [2.75, 3.05) is 13.2 Å². The van der Waals surface area contributed by atoms with Crippen molar-refractivity contribution < 1.29 is 9.53 Å². The molecule has 1 aliphatic carbocycles. The van der Waals surface area contributed by atoms with Gasteiger partial charge < -0.3 is 14.2 Å². The van der Waals surface area contributed by atoms with Crippen LogP contribution in [0.4, 0.5) is 0 Å². The SMILES string of the molecule is Cn1c(C(=O)N2CCOC3CCCC32)cc(Cl)c1Cl. The zero-order valence-electron chi connectivity index (χ0n) is 10.7. The van der Waals surface area contributed by atoms with Gasteiger partial charge in [-0.05, 0) is 25.3 Å². The number of fused-ring (bicyclic) bond motifs is 1. The molecule has 2 aliphatic rings. The van der Waals surface area contributed by atoms with Crippen LogP contribution in [-0.4, -0.2) is 40.7 Å². The van der Waals surface area contributed by atoms with Crippen LogP contribution in [0, 0.1) is 0 Å². The summed E-state index contributed by atoms with van der Waals surface area (Å²) in [5.74, 6) is -0.00324. The van der Waals surface area contributed by atoms with E-state index in [1.165, 1.54) is 0 Å². The van der Waals surface area contributed by atoms with Crippen molar-refractivity contribution in [1.82, 2.24) is 9.47 Å². The van der Waals surface area contributed by atoms with Crippen LogP contribution in [-0.2, 0) is 11.8 Å². The highest BCUT2D eigenvalue weighted by Crippen LogP contribution is 2.32. The van der Waals surface area contributed by atoms with E-state index in [2.05, 4.69) is 0 Å². The number of aromatic nitrogens is 1. The van der Waals surface area contributed by atoms with Crippen LogP contribution in [0.15, 0.2) is 6.07 Å². The van der Waals surface area contributed by atoms with E-state index in [0.29, 0.717) is 29.0 Å². The Hall–Kier alpha value is -0.710. The standard InChI is InChI=1S/C13H16Cl2N2O2/c1-16-10(7-8(14)12(16)15)13(18)17-5-6-19-11-4-2-3-9(11)17/h7,9,11H,2-6H2,1H3. The molecule has 0 aromatic carbocycles. The van der Waals surface area contributed by atoms with Crippen molar-refractivity contribution in [3.63, 3.8) is 0 Å². The van der Waals surface area contributed by atoms with E-state index in [4.69, 9.17) is 27.9 Å². The molecule has 2 heterocycles. The predicted molar refractivity (Wildman–Crippen MR) is 73.8 cm³/mol. The molecule has 0 radical (unpaired) electrons.